The molecule has 0 fully saturated rings. The lowest BCUT2D eigenvalue weighted by Crippen LogP contribution is -2.40. The van der Waals surface area contributed by atoms with E-state index in [1.54, 1.807) is 14.2 Å². The maximum absolute atomic E-state index is 10.2. The predicted molar refractivity (Wildman–Crippen MR) is 151 cm³/mol. The van der Waals surface area contributed by atoms with Crippen molar-refractivity contribution in [2.75, 3.05) is 20.8 Å². The van der Waals surface area contributed by atoms with E-state index in [2.05, 4.69) is 79.4 Å². The Hall–Kier alpha value is -3.60. The number of benzene rings is 4. The fourth-order valence-electron chi connectivity index (χ4n) is 5.33. The minimum Gasteiger partial charge on any atom is -0.497 e. The second-order valence-corrected chi connectivity index (χ2v) is 10.1. The van der Waals surface area contributed by atoms with Crippen molar-refractivity contribution in [2.24, 2.45) is 5.92 Å². The topological polar surface area (TPSA) is 41.9 Å². The molecule has 0 radical (unpaired) electrons. The van der Waals surface area contributed by atoms with Crippen LogP contribution in [0.15, 0.2) is 84.9 Å². The zero-order valence-electron chi connectivity index (χ0n) is 22.1. The summed E-state index contributed by atoms with van der Waals surface area (Å²) < 4.78 is 10.7. The van der Waals surface area contributed by atoms with Crippen LogP contribution in [0, 0.1) is 5.92 Å². The lowest BCUT2D eigenvalue weighted by atomic mass is 9.90. The lowest BCUT2D eigenvalue weighted by Gasteiger charge is -2.32. The van der Waals surface area contributed by atoms with Gasteiger partial charge in [0.2, 0.25) is 0 Å². The smallest absolute Gasteiger partial charge is 0.118 e. The Labute approximate surface area is 220 Å². The Morgan fingerprint density at radius 3 is 1.41 bits per heavy atom. The van der Waals surface area contributed by atoms with Crippen LogP contribution in [0.25, 0.3) is 33.4 Å². The second kappa shape index (κ2) is 10.8. The van der Waals surface area contributed by atoms with Crippen molar-refractivity contribution < 1.29 is 14.6 Å². The normalized spacial score (nSPS) is 14.0. The van der Waals surface area contributed by atoms with Gasteiger partial charge in [0.05, 0.1) is 20.8 Å². The van der Waals surface area contributed by atoms with Gasteiger partial charge in [-0.05, 0) is 86.8 Å². The van der Waals surface area contributed by atoms with E-state index in [0.29, 0.717) is 5.92 Å². The van der Waals surface area contributed by atoms with Crippen molar-refractivity contribution in [3.63, 3.8) is 0 Å². The number of hydrogen-bond donors (Lipinski definition) is 1. The summed E-state index contributed by atoms with van der Waals surface area (Å²) in [6.45, 7) is 6.12. The van der Waals surface area contributed by atoms with E-state index >= 15 is 0 Å². The van der Waals surface area contributed by atoms with Crippen molar-refractivity contribution >= 4 is 0 Å². The first-order valence-electron chi connectivity index (χ1n) is 12.9. The van der Waals surface area contributed by atoms with Crippen LogP contribution < -0.4 is 9.47 Å². The Bertz CT molecular complexity index is 1260. The number of aliphatic hydroxyl groups excluding tert-OH is 1. The number of methoxy groups -OCH3 is 2. The summed E-state index contributed by atoms with van der Waals surface area (Å²) in [5.74, 6) is 2.06. The van der Waals surface area contributed by atoms with E-state index in [0.717, 1.165) is 35.7 Å². The summed E-state index contributed by atoms with van der Waals surface area (Å²) in [6, 6.07) is 30.1. The highest BCUT2D eigenvalue weighted by molar-refractivity contribution is 5.81. The van der Waals surface area contributed by atoms with Gasteiger partial charge in [0.15, 0.2) is 0 Å². The lowest BCUT2D eigenvalue weighted by molar-refractivity contribution is 0.0795. The highest BCUT2D eigenvalue weighted by Crippen LogP contribution is 2.39. The van der Waals surface area contributed by atoms with Crippen molar-refractivity contribution in [3.05, 3.63) is 96.1 Å². The summed E-state index contributed by atoms with van der Waals surface area (Å²) in [4.78, 5) is 2.43. The van der Waals surface area contributed by atoms with Gasteiger partial charge in [-0.3, -0.25) is 4.90 Å². The molecule has 4 nitrogen and oxygen atoms in total. The van der Waals surface area contributed by atoms with Crippen molar-refractivity contribution in [1.82, 2.24) is 4.90 Å². The molecule has 1 N–H and O–H groups in total. The Morgan fingerprint density at radius 1 is 0.649 bits per heavy atom. The first-order valence-corrected chi connectivity index (χ1v) is 12.9. The van der Waals surface area contributed by atoms with Crippen LogP contribution in [0.1, 0.15) is 25.0 Å². The molecule has 0 aliphatic carbocycles. The van der Waals surface area contributed by atoms with Gasteiger partial charge in [0.1, 0.15) is 11.5 Å². The zero-order valence-corrected chi connectivity index (χ0v) is 22.1. The van der Waals surface area contributed by atoms with Gasteiger partial charge in [-0.1, -0.05) is 62.4 Å². The minimum absolute atomic E-state index is 0.0985. The third-order valence-electron chi connectivity index (χ3n) is 7.53. The highest BCUT2D eigenvalue weighted by atomic mass is 16.5. The molecular weight excluding hydrogens is 458 g/mol. The molecule has 0 unspecified atom stereocenters. The molecule has 5 rings (SSSR count). The molecule has 0 saturated carbocycles. The molecule has 0 bridgehead atoms. The van der Waals surface area contributed by atoms with Gasteiger partial charge >= 0.3 is 0 Å². The molecule has 190 valence electrons. The largest absolute Gasteiger partial charge is 0.497 e. The van der Waals surface area contributed by atoms with Crippen LogP contribution >= 0.6 is 0 Å². The number of rotatable bonds is 7. The van der Waals surface area contributed by atoms with E-state index < -0.39 is 0 Å². The second-order valence-electron chi connectivity index (χ2n) is 10.1. The van der Waals surface area contributed by atoms with Crippen LogP contribution in [-0.2, 0) is 13.1 Å². The average Bonchev–Trinajstić information content (AvgIpc) is 3.09. The Balaban J connectivity index is 1.64. The standard InChI is InChI=1S/C33H35NO3/c1-22(2)33(21-35)34-19-27-7-5-25(23-9-13-29(36-3)14-10-23)17-31(27)32-18-26(6-8-28(32)20-34)24-11-15-30(37-4)16-12-24/h5-18,22,33,35H,19-21H2,1-4H3/t33-/m1/s1. The quantitative estimate of drug-likeness (QED) is 0.300. The van der Waals surface area contributed by atoms with Crippen LogP contribution in [0.3, 0.4) is 0 Å². The molecule has 0 saturated heterocycles. The van der Waals surface area contributed by atoms with Crippen molar-refractivity contribution in [1.29, 1.82) is 0 Å². The molecule has 0 amide bonds. The number of hydrogen-bond acceptors (Lipinski definition) is 4. The zero-order chi connectivity index (χ0) is 25.9. The minimum atomic E-state index is 0.0985. The van der Waals surface area contributed by atoms with Gasteiger partial charge in [0, 0.05) is 19.1 Å². The number of fused-ring (bicyclic) bond motifs is 3. The third kappa shape index (κ3) is 5.13. The highest BCUT2D eigenvalue weighted by Gasteiger charge is 2.27. The van der Waals surface area contributed by atoms with Gasteiger partial charge in [0.25, 0.3) is 0 Å². The summed E-state index contributed by atoms with van der Waals surface area (Å²) in [7, 11) is 3.38. The Kier molecular flexibility index (Phi) is 7.31. The van der Waals surface area contributed by atoms with Gasteiger partial charge < -0.3 is 14.6 Å². The first kappa shape index (κ1) is 25.1. The maximum atomic E-state index is 10.2. The van der Waals surface area contributed by atoms with Crippen LogP contribution in [0.2, 0.25) is 0 Å². The van der Waals surface area contributed by atoms with Gasteiger partial charge in [-0.15, -0.1) is 0 Å². The molecule has 1 aliphatic heterocycles. The van der Waals surface area contributed by atoms with Crippen molar-refractivity contribution in [2.45, 2.75) is 33.0 Å². The van der Waals surface area contributed by atoms with E-state index in [9.17, 15) is 5.11 Å². The number of ether oxygens (including phenoxy) is 2. The van der Waals surface area contributed by atoms with Crippen LogP contribution in [0.5, 0.6) is 11.5 Å². The van der Waals surface area contributed by atoms with E-state index in [1.807, 2.05) is 24.3 Å². The van der Waals surface area contributed by atoms with E-state index in [-0.39, 0.29) is 12.6 Å². The summed E-state index contributed by atoms with van der Waals surface area (Å²) >= 11 is 0. The SMILES string of the molecule is COc1ccc(-c2ccc3c(c2)-c2cc(-c4ccc(OC)cc4)ccc2CN([C@H](CO)C(C)C)C3)cc1. The predicted octanol–water partition coefficient (Wildman–Crippen LogP) is 7.04. The Morgan fingerprint density at radius 2 is 1.05 bits per heavy atom. The van der Waals surface area contributed by atoms with Crippen LogP contribution in [0.4, 0.5) is 0 Å². The molecular formula is C33H35NO3. The average molecular weight is 494 g/mol. The van der Waals surface area contributed by atoms with Crippen LogP contribution in [-0.4, -0.2) is 36.9 Å². The fourth-order valence-corrected chi connectivity index (χ4v) is 5.33. The molecule has 0 spiro atoms. The molecule has 37 heavy (non-hydrogen) atoms. The monoisotopic (exact) mass is 493 g/mol. The maximum Gasteiger partial charge on any atom is 0.118 e. The summed E-state index contributed by atoms with van der Waals surface area (Å²) in [6.07, 6.45) is 0. The molecule has 1 heterocycles. The molecule has 4 aromatic carbocycles. The third-order valence-corrected chi connectivity index (χ3v) is 7.53. The molecule has 0 aromatic heterocycles. The van der Waals surface area contributed by atoms with Gasteiger partial charge in [-0.25, -0.2) is 0 Å². The van der Waals surface area contributed by atoms with Gasteiger partial charge in [-0.2, -0.15) is 0 Å². The van der Waals surface area contributed by atoms with E-state index in [1.165, 1.54) is 33.4 Å². The fraction of sp³-hybridized carbons (Fsp3) is 0.273. The molecule has 1 atom stereocenters. The number of nitrogens with zero attached hydrogens (tertiary/aromatic N) is 1. The summed E-state index contributed by atoms with van der Waals surface area (Å²) in [5, 5.41) is 10.2. The molecule has 1 aliphatic rings. The number of aliphatic hydroxyl groups is 1. The van der Waals surface area contributed by atoms with E-state index in [4.69, 9.17) is 9.47 Å². The molecule has 4 heteroatoms. The summed E-state index contributed by atoms with van der Waals surface area (Å²) in [5.41, 5.74) is 9.74. The van der Waals surface area contributed by atoms with Crippen molar-refractivity contribution in [3.8, 4) is 44.9 Å². The molecule has 4 aromatic rings. The first-order chi connectivity index (χ1) is 18.0.